The molecular weight excluding hydrogens is 242 g/mol. The molecule has 0 aromatic rings. The molecule has 0 aromatic heterocycles. The number of hydrogen-bond donors (Lipinski definition) is 0. The van der Waals surface area contributed by atoms with Crippen LogP contribution in [-0.4, -0.2) is 22.9 Å². The summed E-state index contributed by atoms with van der Waals surface area (Å²) in [6.45, 7) is 1.35. The molecule has 1 aliphatic rings. The molecule has 0 amide bonds. The zero-order chi connectivity index (χ0) is 9.19. The smallest absolute Gasteiger partial charge is 0.191 e. The van der Waals surface area contributed by atoms with Crippen molar-refractivity contribution in [2.75, 3.05) is 19.1 Å². The predicted octanol–water partition coefficient (Wildman–Crippen LogP) is 3.25. The van der Waals surface area contributed by atoms with Crippen LogP contribution < -0.4 is 0 Å². The molecule has 1 saturated heterocycles. The Morgan fingerprint density at radius 2 is 1.75 bits per heavy atom. The molecule has 5 heteroatoms. The van der Waals surface area contributed by atoms with Crippen LogP contribution >= 0.6 is 46.4 Å². The van der Waals surface area contributed by atoms with Gasteiger partial charge >= 0.3 is 0 Å². The Morgan fingerprint density at radius 3 is 2.25 bits per heavy atom. The van der Waals surface area contributed by atoms with E-state index in [4.69, 9.17) is 51.1 Å². The topological polar surface area (TPSA) is 9.23 Å². The molecule has 2 atom stereocenters. The average molecular weight is 252 g/mol. The molecule has 0 aliphatic carbocycles. The summed E-state index contributed by atoms with van der Waals surface area (Å²) in [5, 5.41) is 0. The van der Waals surface area contributed by atoms with Crippen molar-refractivity contribution in [2.45, 2.75) is 10.2 Å². The van der Waals surface area contributed by atoms with Gasteiger partial charge < -0.3 is 4.74 Å². The first-order valence-corrected chi connectivity index (χ1v) is 5.40. The molecule has 72 valence electrons. The summed E-state index contributed by atoms with van der Waals surface area (Å²) >= 11 is 22.7. The molecule has 0 saturated carbocycles. The van der Waals surface area contributed by atoms with Gasteiger partial charge in [-0.1, -0.05) is 34.8 Å². The molecule has 0 bridgehead atoms. The highest BCUT2D eigenvalue weighted by atomic mass is 35.6. The number of hydrogen-bond acceptors (Lipinski definition) is 1. The van der Waals surface area contributed by atoms with Gasteiger partial charge in [0.2, 0.25) is 0 Å². The van der Waals surface area contributed by atoms with Gasteiger partial charge in [-0.2, -0.15) is 0 Å². The minimum absolute atomic E-state index is 0.287. The van der Waals surface area contributed by atoms with E-state index in [9.17, 15) is 0 Å². The van der Waals surface area contributed by atoms with Crippen molar-refractivity contribution >= 4 is 46.4 Å². The maximum atomic E-state index is 5.72. The van der Waals surface area contributed by atoms with Crippen LogP contribution in [0.3, 0.4) is 0 Å². The summed E-state index contributed by atoms with van der Waals surface area (Å²) < 4.78 is 4.07. The van der Waals surface area contributed by atoms with Crippen LogP contribution in [0.25, 0.3) is 0 Å². The molecule has 0 spiro atoms. The van der Waals surface area contributed by atoms with E-state index in [-0.39, 0.29) is 5.92 Å². The van der Waals surface area contributed by atoms with Crippen molar-refractivity contribution in [3.8, 4) is 0 Å². The molecule has 12 heavy (non-hydrogen) atoms. The van der Waals surface area contributed by atoms with E-state index < -0.39 is 3.79 Å². The highest BCUT2D eigenvalue weighted by Crippen LogP contribution is 2.38. The van der Waals surface area contributed by atoms with Crippen LogP contribution in [0.4, 0.5) is 0 Å². The fourth-order valence-electron chi connectivity index (χ4n) is 1.34. The number of alkyl halides is 4. The zero-order valence-corrected chi connectivity index (χ0v) is 9.43. The monoisotopic (exact) mass is 250 g/mol. The third-order valence-electron chi connectivity index (χ3n) is 2.02. The molecular formula is C7H10Cl4O. The van der Waals surface area contributed by atoms with Crippen LogP contribution in [0, 0.1) is 11.8 Å². The lowest BCUT2D eigenvalue weighted by atomic mass is 9.95. The van der Waals surface area contributed by atoms with Gasteiger partial charge in [0.25, 0.3) is 0 Å². The van der Waals surface area contributed by atoms with Gasteiger partial charge in [0, 0.05) is 18.4 Å². The van der Waals surface area contributed by atoms with E-state index in [1.165, 1.54) is 0 Å². The second-order valence-electron chi connectivity index (χ2n) is 3.03. The van der Waals surface area contributed by atoms with Gasteiger partial charge in [-0.25, -0.2) is 0 Å². The summed E-state index contributed by atoms with van der Waals surface area (Å²) in [5.41, 5.74) is 0. The summed E-state index contributed by atoms with van der Waals surface area (Å²) in [7, 11) is 0. The lowest BCUT2D eigenvalue weighted by Crippen LogP contribution is -2.20. The third kappa shape index (κ3) is 3.47. The fourth-order valence-corrected chi connectivity index (χ4v) is 2.27. The summed E-state index contributed by atoms with van der Waals surface area (Å²) in [6.07, 6.45) is 0.523. The quantitative estimate of drug-likeness (QED) is 0.685. The number of ether oxygens (including phenoxy) is 1. The number of rotatable bonds is 2. The van der Waals surface area contributed by atoms with Crippen LogP contribution in [0.15, 0.2) is 0 Å². The molecule has 0 radical (unpaired) electrons. The zero-order valence-electron chi connectivity index (χ0n) is 6.40. The third-order valence-corrected chi connectivity index (χ3v) is 2.88. The Bertz CT molecular complexity index is 145. The number of halogens is 4. The van der Waals surface area contributed by atoms with Crippen molar-refractivity contribution in [3.05, 3.63) is 0 Å². The van der Waals surface area contributed by atoms with Crippen LogP contribution in [0.1, 0.15) is 6.42 Å². The highest BCUT2D eigenvalue weighted by molar-refractivity contribution is 6.67. The van der Waals surface area contributed by atoms with Gasteiger partial charge in [0.1, 0.15) is 0 Å². The average Bonchev–Trinajstić information content (AvgIpc) is 2.31. The minimum Gasteiger partial charge on any atom is -0.381 e. The Balaban J connectivity index is 2.41. The maximum Gasteiger partial charge on any atom is 0.191 e. The Morgan fingerprint density at radius 1 is 1.17 bits per heavy atom. The largest absolute Gasteiger partial charge is 0.381 e. The van der Waals surface area contributed by atoms with Crippen molar-refractivity contribution in [2.24, 2.45) is 11.8 Å². The van der Waals surface area contributed by atoms with Crippen molar-refractivity contribution in [1.29, 1.82) is 0 Å². The normalized spacial score (nSPS) is 31.0. The Kier molecular flexibility index (Phi) is 4.26. The molecule has 1 heterocycles. The van der Waals surface area contributed by atoms with E-state index >= 15 is 0 Å². The second kappa shape index (κ2) is 4.56. The Labute approximate surface area is 92.2 Å². The van der Waals surface area contributed by atoms with Gasteiger partial charge in [0.15, 0.2) is 3.79 Å². The van der Waals surface area contributed by atoms with Gasteiger partial charge in [-0.3, -0.25) is 0 Å². The highest BCUT2D eigenvalue weighted by Gasteiger charge is 2.34. The van der Waals surface area contributed by atoms with Crippen molar-refractivity contribution in [3.63, 3.8) is 0 Å². The standard InChI is InChI=1S/C7H10Cl4O/c8-2-6-4-12-3-5(6)1-7(9,10)11/h5-6H,1-4H2. The predicted molar refractivity (Wildman–Crippen MR) is 53.4 cm³/mol. The van der Waals surface area contributed by atoms with Crippen LogP contribution in [-0.2, 0) is 4.74 Å². The summed E-state index contributed by atoms with van der Waals surface area (Å²) in [4.78, 5) is 0. The van der Waals surface area contributed by atoms with E-state index in [1.54, 1.807) is 0 Å². The van der Waals surface area contributed by atoms with Crippen molar-refractivity contribution < 1.29 is 4.74 Å². The van der Waals surface area contributed by atoms with Crippen LogP contribution in [0.5, 0.6) is 0 Å². The second-order valence-corrected chi connectivity index (χ2v) is 5.86. The lowest BCUT2D eigenvalue weighted by Gasteiger charge is -2.19. The molecule has 0 aromatic carbocycles. The molecule has 1 aliphatic heterocycles. The van der Waals surface area contributed by atoms with E-state index in [2.05, 4.69) is 0 Å². The van der Waals surface area contributed by atoms with Gasteiger partial charge in [-0.15, -0.1) is 11.6 Å². The molecule has 1 nitrogen and oxygen atoms in total. The van der Waals surface area contributed by atoms with E-state index in [0.717, 1.165) is 0 Å². The minimum atomic E-state index is -1.18. The Hall–Kier alpha value is 1.12. The molecule has 2 unspecified atom stereocenters. The van der Waals surface area contributed by atoms with Crippen molar-refractivity contribution in [1.82, 2.24) is 0 Å². The van der Waals surface area contributed by atoms with Crippen LogP contribution in [0.2, 0.25) is 0 Å². The van der Waals surface area contributed by atoms with Gasteiger partial charge in [-0.05, 0) is 12.3 Å². The van der Waals surface area contributed by atoms with E-state index in [0.29, 0.717) is 31.4 Å². The first-order chi connectivity index (χ1) is 5.53. The SMILES string of the molecule is ClCC1COCC1CC(Cl)(Cl)Cl. The molecule has 0 N–H and O–H groups in total. The first-order valence-electron chi connectivity index (χ1n) is 3.73. The first kappa shape index (κ1) is 11.2. The lowest BCUT2D eigenvalue weighted by molar-refractivity contribution is 0.181. The molecule has 1 fully saturated rings. The fraction of sp³-hybridized carbons (Fsp3) is 1.00. The summed E-state index contributed by atoms with van der Waals surface area (Å²) in [5.74, 6) is 1.20. The van der Waals surface area contributed by atoms with Gasteiger partial charge in [0.05, 0.1) is 6.61 Å². The summed E-state index contributed by atoms with van der Waals surface area (Å²) in [6, 6.07) is 0. The maximum absolute atomic E-state index is 5.72. The molecule has 1 rings (SSSR count). The van der Waals surface area contributed by atoms with E-state index in [1.807, 2.05) is 0 Å².